The summed E-state index contributed by atoms with van der Waals surface area (Å²) in [4.78, 5) is 10.5. The van der Waals surface area contributed by atoms with Crippen LogP contribution in [0.5, 0.6) is 0 Å². The van der Waals surface area contributed by atoms with Crippen LogP contribution in [-0.2, 0) is 4.79 Å². The summed E-state index contributed by atoms with van der Waals surface area (Å²) in [6.45, 7) is 5.11. The predicted molar refractivity (Wildman–Crippen MR) is 85.8 cm³/mol. The fourth-order valence-corrected chi connectivity index (χ4v) is 1.41. The van der Waals surface area contributed by atoms with Crippen molar-refractivity contribution in [3.8, 4) is 0 Å². The molecule has 1 amide bonds. The zero-order valence-corrected chi connectivity index (χ0v) is 11.6. The molecule has 0 aliphatic carbocycles. The Kier molecular flexibility index (Phi) is 7.21. The second kappa shape index (κ2) is 9.34. The molecule has 0 atom stereocenters. The average molecular weight is 265 g/mol. The highest BCUT2D eigenvalue weighted by atomic mass is 16.1. The minimum atomic E-state index is -0.0535. The van der Waals surface area contributed by atoms with E-state index in [1.54, 1.807) is 6.20 Å². The van der Waals surface area contributed by atoms with Crippen LogP contribution in [0.2, 0.25) is 0 Å². The summed E-state index contributed by atoms with van der Waals surface area (Å²) < 4.78 is 0. The lowest BCUT2D eigenvalue weighted by Gasteiger charge is -1.92. The molecule has 0 aliphatic rings. The van der Waals surface area contributed by atoms with E-state index in [0.29, 0.717) is 0 Å². The Morgan fingerprint density at radius 1 is 0.950 bits per heavy atom. The number of hydrogen-bond donors (Lipinski definition) is 1. The van der Waals surface area contributed by atoms with Gasteiger partial charge < -0.3 is 5.32 Å². The van der Waals surface area contributed by atoms with Gasteiger partial charge in [0.1, 0.15) is 0 Å². The Morgan fingerprint density at radius 3 is 1.85 bits per heavy atom. The number of nitrogens with one attached hydrogen (secondary N) is 1. The first-order valence-electron chi connectivity index (χ1n) is 6.38. The van der Waals surface area contributed by atoms with Gasteiger partial charge in [0.2, 0.25) is 5.91 Å². The van der Waals surface area contributed by atoms with Gasteiger partial charge in [0.05, 0.1) is 0 Å². The van der Waals surface area contributed by atoms with Gasteiger partial charge >= 0.3 is 0 Å². The third-order valence-electron chi connectivity index (χ3n) is 2.40. The third-order valence-corrected chi connectivity index (χ3v) is 2.40. The maximum Gasteiger partial charge on any atom is 0.220 e. The van der Waals surface area contributed by atoms with Crippen molar-refractivity contribution in [2.45, 2.75) is 6.92 Å². The third kappa shape index (κ3) is 6.97. The maximum absolute atomic E-state index is 10.5. The highest BCUT2D eigenvalue weighted by molar-refractivity contribution is 5.74. The number of carbonyl (C=O) groups is 1. The lowest BCUT2D eigenvalue weighted by Crippen LogP contribution is -2.10. The van der Waals surface area contributed by atoms with E-state index >= 15 is 0 Å². The smallest absolute Gasteiger partial charge is 0.220 e. The topological polar surface area (TPSA) is 29.1 Å². The Labute approximate surface area is 120 Å². The average Bonchev–Trinajstić information content (AvgIpc) is 2.49. The summed E-state index contributed by atoms with van der Waals surface area (Å²) in [5.41, 5.74) is 2.25. The van der Waals surface area contributed by atoms with Gasteiger partial charge in [-0.25, -0.2) is 0 Å². The molecule has 2 heteroatoms. The van der Waals surface area contributed by atoms with Crippen LogP contribution in [-0.4, -0.2) is 5.91 Å². The molecule has 2 aromatic rings. The SMILES string of the molecule is C=Cc1ccccc1.CC(=O)NC=Cc1ccccc1. The molecule has 0 spiro atoms. The van der Waals surface area contributed by atoms with Gasteiger partial charge in [-0.05, 0) is 17.2 Å². The molecular formula is C18H19NO. The predicted octanol–water partition coefficient (Wildman–Crippen LogP) is 4.12. The van der Waals surface area contributed by atoms with E-state index < -0.39 is 0 Å². The lowest BCUT2D eigenvalue weighted by atomic mass is 10.2. The first-order valence-corrected chi connectivity index (χ1v) is 6.38. The first kappa shape index (κ1) is 15.4. The molecule has 0 bridgehead atoms. The summed E-state index contributed by atoms with van der Waals surface area (Å²) >= 11 is 0. The van der Waals surface area contributed by atoms with Crippen LogP contribution >= 0.6 is 0 Å². The van der Waals surface area contributed by atoms with Gasteiger partial charge in [-0.2, -0.15) is 0 Å². The Bertz CT molecular complexity index is 544. The molecule has 2 aromatic carbocycles. The molecular weight excluding hydrogens is 246 g/mol. The van der Waals surface area contributed by atoms with Gasteiger partial charge in [0.15, 0.2) is 0 Å². The van der Waals surface area contributed by atoms with Gasteiger partial charge in [-0.15, -0.1) is 0 Å². The second-order valence-electron chi connectivity index (χ2n) is 4.06. The second-order valence-corrected chi connectivity index (χ2v) is 4.06. The molecule has 0 radical (unpaired) electrons. The van der Waals surface area contributed by atoms with E-state index in [-0.39, 0.29) is 5.91 Å². The van der Waals surface area contributed by atoms with Crippen molar-refractivity contribution in [1.82, 2.24) is 5.32 Å². The van der Waals surface area contributed by atoms with Crippen LogP contribution in [0, 0.1) is 0 Å². The van der Waals surface area contributed by atoms with Crippen molar-refractivity contribution in [1.29, 1.82) is 0 Å². The summed E-state index contributed by atoms with van der Waals surface area (Å²) in [5.74, 6) is -0.0535. The molecule has 2 nitrogen and oxygen atoms in total. The van der Waals surface area contributed by atoms with Crippen molar-refractivity contribution in [2.75, 3.05) is 0 Å². The first-order chi connectivity index (χ1) is 9.72. The number of benzene rings is 2. The van der Waals surface area contributed by atoms with Crippen molar-refractivity contribution in [3.05, 3.63) is 84.6 Å². The van der Waals surface area contributed by atoms with Crippen LogP contribution in [0.1, 0.15) is 18.1 Å². The highest BCUT2D eigenvalue weighted by Crippen LogP contribution is 1.99. The van der Waals surface area contributed by atoms with E-state index in [1.165, 1.54) is 12.5 Å². The standard InChI is InChI=1S/C10H11NO.C8H8/c1-9(12)11-8-7-10-5-3-2-4-6-10;1-2-8-6-4-3-5-7-8/h2-8H,1H3,(H,11,12);2-7H,1H2. The van der Waals surface area contributed by atoms with E-state index in [9.17, 15) is 4.79 Å². The van der Waals surface area contributed by atoms with Crippen LogP contribution < -0.4 is 5.32 Å². The molecule has 1 N–H and O–H groups in total. The molecule has 0 heterocycles. The number of rotatable bonds is 3. The lowest BCUT2D eigenvalue weighted by molar-refractivity contribution is -0.118. The zero-order valence-electron chi connectivity index (χ0n) is 11.6. The summed E-state index contributed by atoms with van der Waals surface area (Å²) in [6, 6.07) is 19.8. The fraction of sp³-hybridized carbons (Fsp3) is 0.0556. The molecule has 0 unspecified atom stereocenters. The molecule has 2 rings (SSSR count). The fourth-order valence-electron chi connectivity index (χ4n) is 1.41. The monoisotopic (exact) mass is 265 g/mol. The Hall–Kier alpha value is -2.61. The van der Waals surface area contributed by atoms with Gasteiger partial charge in [-0.1, -0.05) is 73.3 Å². The molecule has 0 saturated carbocycles. The Balaban J connectivity index is 0.000000217. The van der Waals surface area contributed by atoms with E-state index in [4.69, 9.17) is 0 Å². The molecule has 20 heavy (non-hydrogen) atoms. The summed E-state index contributed by atoms with van der Waals surface area (Å²) in [5, 5.41) is 2.57. The number of carbonyl (C=O) groups excluding carboxylic acids is 1. The van der Waals surface area contributed by atoms with Crippen LogP contribution in [0.25, 0.3) is 12.2 Å². The van der Waals surface area contributed by atoms with E-state index in [1.807, 2.05) is 72.8 Å². The van der Waals surface area contributed by atoms with Crippen molar-refractivity contribution >= 4 is 18.1 Å². The van der Waals surface area contributed by atoms with E-state index in [2.05, 4.69) is 11.9 Å². The molecule has 0 aliphatic heterocycles. The van der Waals surface area contributed by atoms with Crippen molar-refractivity contribution in [3.63, 3.8) is 0 Å². The van der Waals surface area contributed by atoms with Crippen molar-refractivity contribution < 1.29 is 4.79 Å². The van der Waals surface area contributed by atoms with E-state index in [0.717, 1.165) is 5.56 Å². The molecule has 0 aromatic heterocycles. The largest absolute Gasteiger partial charge is 0.333 e. The molecule has 102 valence electrons. The molecule has 0 saturated heterocycles. The van der Waals surface area contributed by atoms with Gasteiger partial charge in [-0.3, -0.25) is 4.79 Å². The Morgan fingerprint density at radius 2 is 1.45 bits per heavy atom. The van der Waals surface area contributed by atoms with Gasteiger partial charge in [0.25, 0.3) is 0 Å². The van der Waals surface area contributed by atoms with Crippen LogP contribution in [0.15, 0.2) is 73.4 Å². The van der Waals surface area contributed by atoms with Gasteiger partial charge in [0, 0.05) is 13.1 Å². The summed E-state index contributed by atoms with van der Waals surface area (Å²) in [6.07, 6.45) is 5.32. The minimum Gasteiger partial charge on any atom is -0.333 e. The highest BCUT2D eigenvalue weighted by Gasteiger charge is 1.83. The van der Waals surface area contributed by atoms with Crippen LogP contribution in [0.3, 0.4) is 0 Å². The summed E-state index contributed by atoms with van der Waals surface area (Å²) in [7, 11) is 0. The zero-order chi connectivity index (χ0) is 14.6. The number of amides is 1. The molecule has 0 fully saturated rings. The minimum absolute atomic E-state index is 0.0535. The maximum atomic E-state index is 10.5. The van der Waals surface area contributed by atoms with Crippen molar-refractivity contribution in [2.24, 2.45) is 0 Å². The number of hydrogen-bond acceptors (Lipinski definition) is 1. The normalized spacial score (nSPS) is 9.45. The quantitative estimate of drug-likeness (QED) is 0.888. The van der Waals surface area contributed by atoms with Crippen LogP contribution in [0.4, 0.5) is 0 Å².